The molecule has 1 aliphatic carbocycles. The normalized spacial score (nSPS) is 13.3. The van der Waals surface area contributed by atoms with E-state index in [1.165, 1.54) is 0 Å². The number of hydrogen-bond donors (Lipinski definition) is 2. The van der Waals surface area contributed by atoms with Crippen LogP contribution in [-0.4, -0.2) is 23.5 Å². The Hall–Kier alpha value is -3.73. The van der Waals surface area contributed by atoms with Crippen molar-refractivity contribution in [3.63, 3.8) is 0 Å². The van der Waals surface area contributed by atoms with Gasteiger partial charge >= 0.3 is 0 Å². The lowest BCUT2D eigenvalue weighted by Gasteiger charge is -2.20. The molecule has 0 radical (unpaired) electrons. The van der Waals surface area contributed by atoms with Crippen LogP contribution in [0, 0.1) is 0 Å². The summed E-state index contributed by atoms with van der Waals surface area (Å²) in [6, 6.07) is 19.0. The summed E-state index contributed by atoms with van der Waals surface area (Å²) in [4.78, 5) is 38.3. The van der Waals surface area contributed by atoms with Crippen molar-refractivity contribution in [1.82, 2.24) is 0 Å². The average Bonchev–Trinajstić information content (AvgIpc) is 2.77. The van der Waals surface area contributed by atoms with Crippen LogP contribution in [0.4, 0.5) is 11.4 Å². The van der Waals surface area contributed by atoms with Crippen LogP contribution in [0.5, 0.6) is 0 Å². The molecule has 0 saturated carbocycles. The van der Waals surface area contributed by atoms with E-state index < -0.39 is 6.04 Å². The lowest BCUT2D eigenvalue weighted by Crippen LogP contribution is -2.32. The number of anilines is 2. The molecule has 0 bridgehead atoms. The van der Waals surface area contributed by atoms with Crippen molar-refractivity contribution in [2.75, 3.05) is 10.6 Å². The van der Waals surface area contributed by atoms with Gasteiger partial charge in [-0.3, -0.25) is 14.4 Å². The Morgan fingerprint density at radius 1 is 0.833 bits per heavy atom. The molecule has 0 spiro atoms. The van der Waals surface area contributed by atoms with Crippen molar-refractivity contribution >= 4 is 28.8 Å². The number of para-hydroxylation sites is 1. The number of carbonyl (C=O) groups excluding carboxylic acids is 3. The highest BCUT2D eigenvalue weighted by Crippen LogP contribution is 2.29. The number of carbonyl (C=O) groups is 3. The van der Waals surface area contributed by atoms with Crippen molar-refractivity contribution in [3.05, 3.63) is 94.5 Å². The third-order valence-electron chi connectivity index (χ3n) is 5.36. The van der Waals surface area contributed by atoms with Crippen LogP contribution in [0.3, 0.4) is 0 Å². The molecule has 0 aromatic heterocycles. The van der Waals surface area contributed by atoms with Gasteiger partial charge in [-0.1, -0.05) is 49.4 Å². The van der Waals surface area contributed by atoms with Gasteiger partial charge in [0.25, 0.3) is 0 Å². The molecule has 4 rings (SSSR count). The molecule has 0 aliphatic heterocycles. The van der Waals surface area contributed by atoms with E-state index in [1.54, 1.807) is 49.4 Å². The molecule has 3 aromatic carbocycles. The Labute approximate surface area is 175 Å². The van der Waals surface area contributed by atoms with Gasteiger partial charge in [-0.2, -0.15) is 0 Å². The highest BCUT2D eigenvalue weighted by molar-refractivity contribution is 6.28. The zero-order valence-electron chi connectivity index (χ0n) is 16.9. The van der Waals surface area contributed by atoms with E-state index in [0.29, 0.717) is 27.9 Å². The standard InChI is InChI=1S/C25H22N2O3/c1-3-16-8-4-7-11-22(16)26-15(2)25(30)27-17-12-13-20-21(14-17)24(29)19-10-6-5-9-18(19)23(20)28/h4-15,26H,3H2,1-2H3,(H,27,30)/t15-/m0/s1. The first-order valence-corrected chi connectivity index (χ1v) is 9.97. The summed E-state index contributed by atoms with van der Waals surface area (Å²) in [5, 5.41) is 6.08. The smallest absolute Gasteiger partial charge is 0.246 e. The summed E-state index contributed by atoms with van der Waals surface area (Å²) in [6.45, 7) is 3.85. The van der Waals surface area contributed by atoms with E-state index in [1.807, 2.05) is 24.3 Å². The fraction of sp³-hybridized carbons (Fsp3) is 0.160. The first-order chi connectivity index (χ1) is 14.5. The minimum atomic E-state index is -0.480. The lowest BCUT2D eigenvalue weighted by molar-refractivity contribution is -0.116. The SMILES string of the molecule is CCc1ccccc1N[C@@H](C)C(=O)Nc1ccc2c(c1)C(=O)c1ccccc1C2=O. The van der Waals surface area contributed by atoms with Crippen LogP contribution in [-0.2, 0) is 11.2 Å². The van der Waals surface area contributed by atoms with Gasteiger partial charge in [0, 0.05) is 33.6 Å². The molecule has 5 nitrogen and oxygen atoms in total. The van der Waals surface area contributed by atoms with E-state index in [9.17, 15) is 14.4 Å². The molecule has 1 amide bonds. The van der Waals surface area contributed by atoms with Crippen molar-refractivity contribution in [1.29, 1.82) is 0 Å². The molecule has 0 fully saturated rings. The van der Waals surface area contributed by atoms with Crippen LogP contribution in [0.1, 0.15) is 51.3 Å². The van der Waals surface area contributed by atoms with Crippen molar-refractivity contribution < 1.29 is 14.4 Å². The second kappa shape index (κ2) is 7.95. The van der Waals surface area contributed by atoms with E-state index >= 15 is 0 Å². The highest BCUT2D eigenvalue weighted by atomic mass is 16.2. The molecule has 30 heavy (non-hydrogen) atoms. The number of hydrogen-bond acceptors (Lipinski definition) is 4. The zero-order valence-corrected chi connectivity index (χ0v) is 16.9. The lowest BCUT2D eigenvalue weighted by atomic mass is 9.84. The predicted molar refractivity (Wildman–Crippen MR) is 117 cm³/mol. The van der Waals surface area contributed by atoms with Crippen LogP contribution in [0.15, 0.2) is 66.7 Å². The van der Waals surface area contributed by atoms with Gasteiger partial charge in [0.15, 0.2) is 11.6 Å². The molecule has 1 aliphatic rings. The van der Waals surface area contributed by atoms with Crippen molar-refractivity contribution in [2.24, 2.45) is 0 Å². The molecule has 0 unspecified atom stereocenters. The van der Waals surface area contributed by atoms with Gasteiger partial charge in [-0.15, -0.1) is 0 Å². The van der Waals surface area contributed by atoms with Crippen molar-refractivity contribution in [3.8, 4) is 0 Å². The maximum absolute atomic E-state index is 12.9. The second-order valence-electron chi connectivity index (χ2n) is 7.33. The number of fused-ring (bicyclic) bond motifs is 2. The summed E-state index contributed by atoms with van der Waals surface area (Å²) in [5.41, 5.74) is 4.02. The Morgan fingerprint density at radius 2 is 1.43 bits per heavy atom. The molecule has 1 atom stereocenters. The first-order valence-electron chi connectivity index (χ1n) is 9.97. The predicted octanol–water partition coefficient (Wildman–Crippen LogP) is 4.46. The highest BCUT2D eigenvalue weighted by Gasteiger charge is 2.29. The topological polar surface area (TPSA) is 75.3 Å². The fourth-order valence-corrected chi connectivity index (χ4v) is 3.70. The van der Waals surface area contributed by atoms with Gasteiger partial charge in [-0.05, 0) is 43.2 Å². The van der Waals surface area contributed by atoms with Crippen LogP contribution in [0.25, 0.3) is 0 Å². The van der Waals surface area contributed by atoms with Crippen LogP contribution in [0.2, 0.25) is 0 Å². The Morgan fingerprint density at radius 3 is 2.13 bits per heavy atom. The number of aryl methyl sites for hydroxylation is 1. The molecular weight excluding hydrogens is 376 g/mol. The molecule has 2 N–H and O–H groups in total. The molecule has 150 valence electrons. The van der Waals surface area contributed by atoms with Crippen LogP contribution < -0.4 is 10.6 Å². The van der Waals surface area contributed by atoms with Gasteiger partial charge in [-0.25, -0.2) is 0 Å². The number of benzene rings is 3. The number of rotatable bonds is 5. The van der Waals surface area contributed by atoms with E-state index in [4.69, 9.17) is 0 Å². The van der Waals surface area contributed by atoms with E-state index in [2.05, 4.69) is 17.6 Å². The molecule has 5 heteroatoms. The largest absolute Gasteiger partial charge is 0.374 e. The minimum Gasteiger partial charge on any atom is -0.374 e. The Balaban J connectivity index is 1.54. The monoisotopic (exact) mass is 398 g/mol. The summed E-state index contributed by atoms with van der Waals surface area (Å²) in [6.07, 6.45) is 0.861. The van der Waals surface area contributed by atoms with Gasteiger partial charge < -0.3 is 10.6 Å². The fourth-order valence-electron chi connectivity index (χ4n) is 3.70. The number of ketones is 2. The van der Waals surface area contributed by atoms with E-state index in [0.717, 1.165) is 17.7 Å². The van der Waals surface area contributed by atoms with Crippen molar-refractivity contribution in [2.45, 2.75) is 26.3 Å². The second-order valence-corrected chi connectivity index (χ2v) is 7.33. The number of nitrogens with one attached hydrogen (secondary N) is 2. The molecule has 3 aromatic rings. The number of amides is 1. The Bertz CT molecular complexity index is 1170. The summed E-state index contributed by atoms with van der Waals surface area (Å²) in [7, 11) is 0. The summed E-state index contributed by atoms with van der Waals surface area (Å²) >= 11 is 0. The third kappa shape index (κ3) is 3.50. The molecular formula is C25H22N2O3. The van der Waals surface area contributed by atoms with Gasteiger partial charge in [0.2, 0.25) is 5.91 Å². The van der Waals surface area contributed by atoms with Crippen LogP contribution >= 0.6 is 0 Å². The maximum atomic E-state index is 12.9. The minimum absolute atomic E-state index is 0.177. The van der Waals surface area contributed by atoms with E-state index in [-0.39, 0.29) is 17.5 Å². The van der Waals surface area contributed by atoms with Gasteiger partial charge in [0.05, 0.1) is 0 Å². The maximum Gasteiger partial charge on any atom is 0.246 e. The summed E-state index contributed by atoms with van der Waals surface area (Å²) < 4.78 is 0. The zero-order chi connectivity index (χ0) is 21.3. The third-order valence-corrected chi connectivity index (χ3v) is 5.36. The molecule has 0 heterocycles. The average molecular weight is 398 g/mol. The Kier molecular flexibility index (Phi) is 5.19. The van der Waals surface area contributed by atoms with Gasteiger partial charge in [0.1, 0.15) is 6.04 Å². The quantitative estimate of drug-likeness (QED) is 0.520. The molecule has 0 saturated heterocycles. The summed E-state index contributed by atoms with van der Waals surface area (Å²) in [5.74, 6) is -0.612. The first kappa shape index (κ1) is 19.6.